The van der Waals surface area contributed by atoms with Crippen molar-refractivity contribution in [3.05, 3.63) is 0 Å². The molecular weight excluding hydrogens is 254 g/mol. The van der Waals surface area contributed by atoms with Crippen molar-refractivity contribution in [3.8, 4) is 0 Å². The van der Waals surface area contributed by atoms with E-state index in [2.05, 4.69) is 10.6 Å². The Labute approximate surface area is 110 Å². The first-order chi connectivity index (χ1) is 8.84. The Morgan fingerprint density at radius 1 is 1.42 bits per heavy atom. The summed E-state index contributed by atoms with van der Waals surface area (Å²) in [5.41, 5.74) is -0.663. The van der Waals surface area contributed by atoms with Gasteiger partial charge in [0.2, 0.25) is 5.91 Å². The van der Waals surface area contributed by atoms with Crippen LogP contribution in [0.3, 0.4) is 0 Å². The van der Waals surface area contributed by atoms with Crippen molar-refractivity contribution >= 4 is 17.9 Å². The summed E-state index contributed by atoms with van der Waals surface area (Å²) in [7, 11) is 1.53. The van der Waals surface area contributed by atoms with E-state index in [0.717, 1.165) is 0 Å². The average Bonchev–Trinajstić information content (AvgIpc) is 2.78. The molecule has 2 atom stereocenters. The number of carboxylic acids is 1. The number of carbonyl (C=O) groups excluding carboxylic acids is 2. The van der Waals surface area contributed by atoms with Crippen LogP contribution in [0.15, 0.2) is 0 Å². The number of aliphatic hydroxyl groups excluding tert-OH is 1. The van der Waals surface area contributed by atoms with E-state index in [1.165, 1.54) is 11.9 Å². The molecule has 8 heteroatoms. The molecule has 19 heavy (non-hydrogen) atoms. The maximum absolute atomic E-state index is 11.8. The molecule has 0 saturated carbocycles. The first-order valence-electron chi connectivity index (χ1n) is 5.95. The molecule has 3 amide bonds. The van der Waals surface area contributed by atoms with Gasteiger partial charge >= 0.3 is 12.0 Å². The molecule has 0 aromatic rings. The Morgan fingerprint density at radius 3 is 2.53 bits per heavy atom. The molecule has 0 aromatic heterocycles. The van der Waals surface area contributed by atoms with E-state index in [-0.39, 0.29) is 12.5 Å². The van der Waals surface area contributed by atoms with Gasteiger partial charge in [0.15, 0.2) is 6.04 Å². The number of hydrogen-bond donors (Lipinski definition) is 4. The van der Waals surface area contributed by atoms with Crippen molar-refractivity contribution in [1.29, 1.82) is 0 Å². The number of nitrogens with zero attached hydrogens (tertiary/aromatic N) is 1. The molecule has 8 nitrogen and oxygen atoms in total. The molecule has 1 saturated heterocycles. The van der Waals surface area contributed by atoms with Crippen LogP contribution in [0, 0.1) is 5.41 Å². The standard InChI is InChI=1S/C11H19N3O5/c1-11(9(18)12-2)3-4-14(6-11)10(19)13-7(5-15)8(16)17/h7,15H,3-6H2,1-2H3,(H,12,18)(H,13,19)(H,16,17)/t7-,11?/m0/s1. The van der Waals surface area contributed by atoms with Gasteiger partial charge < -0.3 is 25.7 Å². The van der Waals surface area contributed by atoms with E-state index in [9.17, 15) is 14.4 Å². The highest BCUT2D eigenvalue weighted by Gasteiger charge is 2.42. The highest BCUT2D eigenvalue weighted by atomic mass is 16.4. The second kappa shape index (κ2) is 5.87. The third-order valence-corrected chi connectivity index (χ3v) is 3.31. The SMILES string of the molecule is CNC(=O)C1(C)CCN(C(=O)N[C@@H](CO)C(=O)O)C1. The zero-order valence-electron chi connectivity index (χ0n) is 11.0. The van der Waals surface area contributed by atoms with Crippen LogP contribution in [0.5, 0.6) is 0 Å². The first kappa shape index (κ1) is 15.2. The maximum atomic E-state index is 11.8. The van der Waals surface area contributed by atoms with Gasteiger partial charge in [0.1, 0.15) is 0 Å². The number of likely N-dealkylation sites (tertiary alicyclic amines) is 1. The van der Waals surface area contributed by atoms with Gasteiger partial charge in [0, 0.05) is 20.1 Å². The molecular formula is C11H19N3O5. The molecule has 0 radical (unpaired) electrons. The fraction of sp³-hybridized carbons (Fsp3) is 0.727. The number of hydrogen-bond acceptors (Lipinski definition) is 4. The van der Waals surface area contributed by atoms with Crippen molar-refractivity contribution in [3.63, 3.8) is 0 Å². The smallest absolute Gasteiger partial charge is 0.328 e. The minimum atomic E-state index is -1.33. The molecule has 4 N–H and O–H groups in total. The topological polar surface area (TPSA) is 119 Å². The van der Waals surface area contributed by atoms with Crippen LogP contribution in [-0.2, 0) is 9.59 Å². The summed E-state index contributed by atoms with van der Waals surface area (Å²) in [5.74, 6) is -1.45. The summed E-state index contributed by atoms with van der Waals surface area (Å²) in [6, 6.07) is -1.92. The van der Waals surface area contributed by atoms with Gasteiger partial charge in [-0.15, -0.1) is 0 Å². The minimum absolute atomic E-state index is 0.153. The fourth-order valence-electron chi connectivity index (χ4n) is 2.05. The average molecular weight is 273 g/mol. The monoisotopic (exact) mass is 273 g/mol. The van der Waals surface area contributed by atoms with Gasteiger partial charge in [-0.1, -0.05) is 0 Å². The molecule has 0 aromatic carbocycles. The molecule has 1 rings (SSSR count). The third kappa shape index (κ3) is 3.34. The molecule has 1 fully saturated rings. The number of nitrogens with one attached hydrogen (secondary N) is 2. The van der Waals surface area contributed by atoms with E-state index < -0.39 is 30.1 Å². The lowest BCUT2D eigenvalue weighted by Crippen LogP contribution is -2.50. The molecule has 1 unspecified atom stereocenters. The van der Waals surface area contributed by atoms with Crippen LogP contribution in [0.25, 0.3) is 0 Å². The predicted octanol–water partition coefficient (Wildman–Crippen LogP) is -1.40. The second-order valence-corrected chi connectivity index (χ2v) is 4.83. The van der Waals surface area contributed by atoms with E-state index >= 15 is 0 Å². The van der Waals surface area contributed by atoms with Gasteiger partial charge in [-0.2, -0.15) is 0 Å². The minimum Gasteiger partial charge on any atom is -0.480 e. The third-order valence-electron chi connectivity index (χ3n) is 3.31. The van der Waals surface area contributed by atoms with Crippen molar-refractivity contribution in [2.45, 2.75) is 19.4 Å². The summed E-state index contributed by atoms with van der Waals surface area (Å²) in [6.07, 6.45) is 0.511. The zero-order valence-corrected chi connectivity index (χ0v) is 11.0. The van der Waals surface area contributed by atoms with Crippen LogP contribution in [0.4, 0.5) is 4.79 Å². The predicted molar refractivity (Wildman–Crippen MR) is 65.4 cm³/mol. The lowest BCUT2D eigenvalue weighted by molar-refractivity contribution is -0.140. The number of aliphatic hydroxyl groups is 1. The number of carboxylic acid groups (broad SMARTS) is 1. The highest BCUT2D eigenvalue weighted by molar-refractivity contribution is 5.86. The van der Waals surface area contributed by atoms with Gasteiger partial charge in [-0.3, -0.25) is 4.79 Å². The quantitative estimate of drug-likeness (QED) is 0.502. The van der Waals surface area contributed by atoms with Crippen LogP contribution < -0.4 is 10.6 Å². The van der Waals surface area contributed by atoms with Crippen molar-refractivity contribution in [2.75, 3.05) is 26.7 Å². The summed E-state index contributed by atoms with van der Waals surface area (Å²) in [4.78, 5) is 35.6. The molecule has 0 spiro atoms. The lowest BCUT2D eigenvalue weighted by atomic mass is 9.89. The van der Waals surface area contributed by atoms with E-state index in [4.69, 9.17) is 10.2 Å². The Balaban J connectivity index is 2.62. The number of aliphatic carboxylic acids is 1. The first-order valence-corrected chi connectivity index (χ1v) is 5.95. The Morgan fingerprint density at radius 2 is 2.05 bits per heavy atom. The molecule has 0 bridgehead atoms. The number of urea groups is 1. The highest BCUT2D eigenvalue weighted by Crippen LogP contribution is 2.29. The zero-order chi connectivity index (χ0) is 14.6. The lowest BCUT2D eigenvalue weighted by Gasteiger charge is -2.23. The van der Waals surface area contributed by atoms with E-state index in [1.54, 1.807) is 6.92 Å². The van der Waals surface area contributed by atoms with Crippen LogP contribution in [0.2, 0.25) is 0 Å². The molecule has 1 aliphatic heterocycles. The van der Waals surface area contributed by atoms with Crippen LogP contribution in [0.1, 0.15) is 13.3 Å². The molecule has 108 valence electrons. The Bertz CT molecular complexity index is 387. The summed E-state index contributed by atoms with van der Waals surface area (Å²) >= 11 is 0. The van der Waals surface area contributed by atoms with Crippen LogP contribution >= 0.6 is 0 Å². The van der Waals surface area contributed by atoms with E-state index in [1.807, 2.05) is 0 Å². The van der Waals surface area contributed by atoms with Crippen LogP contribution in [-0.4, -0.2) is 65.8 Å². The summed E-state index contributed by atoms with van der Waals surface area (Å²) in [6.45, 7) is 1.66. The van der Waals surface area contributed by atoms with Crippen molar-refractivity contribution < 1.29 is 24.6 Å². The maximum Gasteiger partial charge on any atom is 0.328 e. The molecule has 1 heterocycles. The largest absolute Gasteiger partial charge is 0.480 e. The normalized spacial score (nSPS) is 23.8. The van der Waals surface area contributed by atoms with Gasteiger partial charge in [0.25, 0.3) is 0 Å². The number of amides is 3. The summed E-state index contributed by atoms with van der Waals surface area (Å²) in [5, 5.41) is 22.3. The van der Waals surface area contributed by atoms with Crippen molar-refractivity contribution in [2.24, 2.45) is 5.41 Å². The van der Waals surface area contributed by atoms with E-state index in [0.29, 0.717) is 13.0 Å². The summed E-state index contributed by atoms with van der Waals surface area (Å²) < 4.78 is 0. The van der Waals surface area contributed by atoms with Gasteiger partial charge in [-0.25, -0.2) is 9.59 Å². The second-order valence-electron chi connectivity index (χ2n) is 4.83. The van der Waals surface area contributed by atoms with Gasteiger partial charge in [-0.05, 0) is 13.3 Å². The Hall–Kier alpha value is -1.83. The Kier molecular flexibility index (Phi) is 4.71. The fourth-order valence-corrected chi connectivity index (χ4v) is 2.05. The van der Waals surface area contributed by atoms with Crippen molar-refractivity contribution in [1.82, 2.24) is 15.5 Å². The number of rotatable bonds is 4. The molecule has 1 aliphatic rings. The molecule has 0 aliphatic carbocycles. The number of carbonyl (C=O) groups is 3. The van der Waals surface area contributed by atoms with Gasteiger partial charge in [0.05, 0.1) is 12.0 Å².